The first-order valence-corrected chi connectivity index (χ1v) is 12.9. The molecule has 3 aromatic carbocycles. The average Bonchev–Trinajstić information content (AvgIpc) is 2.96. The molecule has 0 saturated heterocycles. The summed E-state index contributed by atoms with van der Waals surface area (Å²) in [6.45, 7) is 0.753. The van der Waals surface area contributed by atoms with E-state index < -0.39 is 5.91 Å². The molecule has 11 heteroatoms. The van der Waals surface area contributed by atoms with E-state index in [4.69, 9.17) is 22.1 Å². The molecule has 4 rings (SSSR count). The summed E-state index contributed by atoms with van der Waals surface area (Å²) in [6.07, 6.45) is 4.60. The summed E-state index contributed by atoms with van der Waals surface area (Å²) < 4.78 is 5.36. The molecule has 10 nitrogen and oxygen atoms in total. The molecule has 0 aliphatic heterocycles. The number of anilines is 5. The fourth-order valence-corrected chi connectivity index (χ4v) is 3.51. The van der Waals surface area contributed by atoms with Gasteiger partial charge in [0.2, 0.25) is 11.9 Å². The third-order valence-electron chi connectivity index (χ3n) is 5.27. The van der Waals surface area contributed by atoms with Crippen molar-refractivity contribution in [2.45, 2.75) is 0 Å². The number of benzene rings is 3. The third-order valence-corrected chi connectivity index (χ3v) is 5.55. The van der Waals surface area contributed by atoms with Gasteiger partial charge in [0.05, 0.1) is 19.0 Å². The van der Waals surface area contributed by atoms with Crippen molar-refractivity contribution in [1.29, 1.82) is 0 Å². The Labute approximate surface area is 244 Å². The number of para-hydroxylation sites is 2. The van der Waals surface area contributed by atoms with Gasteiger partial charge >= 0.3 is 0 Å². The Bertz CT molecular complexity index is 1480. The van der Waals surface area contributed by atoms with E-state index in [-0.39, 0.29) is 5.91 Å². The summed E-state index contributed by atoms with van der Waals surface area (Å²) in [5.74, 6) is 0.865. The Balaban J connectivity index is 0.000000445. The zero-order valence-corrected chi connectivity index (χ0v) is 23.7. The number of hydrogen-bond donors (Lipinski definition) is 4. The molecule has 0 aliphatic carbocycles. The number of ether oxygens (including phenoxy) is 1. The van der Waals surface area contributed by atoms with E-state index in [0.717, 1.165) is 12.2 Å². The molecule has 0 aliphatic rings. The summed E-state index contributed by atoms with van der Waals surface area (Å²) in [7, 11) is 5.44. The second kappa shape index (κ2) is 15.6. The zero-order chi connectivity index (χ0) is 29.6. The first-order chi connectivity index (χ1) is 19.7. The monoisotopic (exact) mass is 573 g/mol. The lowest BCUT2D eigenvalue weighted by atomic mass is 10.2. The lowest BCUT2D eigenvalue weighted by molar-refractivity contribution is -0.113. The highest BCUT2D eigenvalue weighted by Crippen LogP contribution is 2.30. The number of aromatic nitrogens is 2. The van der Waals surface area contributed by atoms with Crippen LogP contribution in [0.4, 0.5) is 28.8 Å². The largest absolute Gasteiger partial charge is 0.495 e. The van der Waals surface area contributed by atoms with Crippen molar-refractivity contribution in [3.63, 3.8) is 0 Å². The smallest absolute Gasteiger partial charge is 0.255 e. The van der Waals surface area contributed by atoms with Crippen LogP contribution in [-0.2, 0) is 4.79 Å². The topological polar surface area (TPSA) is 134 Å². The normalized spacial score (nSPS) is 10.5. The van der Waals surface area contributed by atoms with Gasteiger partial charge in [0.15, 0.2) is 5.82 Å². The minimum absolute atomic E-state index is 0.186. The van der Waals surface area contributed by atoms with Crippen molar-refractivity contribution < 1.29 is 14.3 Å². The Morgan fingerprint density at radius 1 is 0.976 bits per heavy atom. The average molecular weight is 574 g/mol. The van der Waals surface area contributed by atoms with Crippen molar-refractivity contribution in [2.75, 3.05) is 43.7 Å². The Hall–Kier alpha value is -4.93. The van der Waals surface area contributed by atoms with E-state index in [1.807, 2.05) is 79.7 Å². The number of rotatable bonds is 10. The maximum atomic E-state index is 12.4. The molecule has 1 aromatic heterocycles. The molecular weight excluding hydrogens is 542 g/mol. The second-order valence-electron chi connectivity index (χ2n) is 8.81. The van der Waals surface area contributed by atoms with Gasteiger partial charge in [-0.2, -0.15) is 4.98 Å². The van der Waals surface area contributed by atoms with Gasteiger partial charge in [-0.25, -0.2) is 4.98 Å². The van der Waals surface area contributed by atoms with E-state index >= 15 is 0 Å². The maximum absolute atomic E-state index is 12.4. The van der Waals surface area contributed by atoms with Crippen molar-refractivity contribution in [2.24, 2.45) is 5.73 Å². The second-order valence-corrected chi connectivity index (χ2v) is 9.22. The predicted octanol–water partition coefficient (Wildman–Crippen LogP) is 5.47. The number of halogens is 1. The third kappa shape index (κ3) is 10.3. The van der Waals surface area contributed by atoms with Crippen molar-refractivity contribution in [1.82, 2.24) is 14.9 Å². The van der Waals surface area contributed by atoms with Crippen LogP contribution < -0.4 is 26.4 Å². The SMILES string of the molecule is CN(C)C/C=C/C(N)=O.COc1ccccc1Nc1nc(Nc2cccc(NC(=O)c3ccccc3)c2)ncc1Cl. The van der Waals surface area contributed by atoms with E-state index in [0.29, 0.717) is 39.5 Å². The number of nitrogens with one attached hydrogen (secondary N) is 3. The van der Waals surface area contributed by atoms with Gasteiger partial charge in [0.25, 0.3) is 5.91 Å². The summed E-state index contributed by atoms with van der Waals surface area (Å²) in [5, 5.41) is 9.55. The quantitative estimate of drug-likeness (QED) is 0.184. The van der Waals surface area contributed by atoms with E-state index in [1.54, 1.807) is 31.4 Å². The molecule has 0 saturated carbocycles. The standard InChI is InChI=1S/C24H20ClN5O2.C6H12N2O/c1-32-21-13-6-5-12-20(21)29-22-19(25)15-26-24(30-22)28-18-11-7-10-17(14-18)27-23(31)16-8-3-2-4-9-16;1-8(2)5-3-4-6(7)9/h2-15H,1H3,(H,27,31)(H2,26,28,29,30);3-4H,5H2,1-2H3,(H2,7,9)/b;4-3+. The molecule has 0 atom stereocenters. The van der Waals surface area contributed by atoms with Gasteiger partial charge in [-0.15, -0.1) is 0 Å². The highest BCUT2D eigenvalue weighted by atomic mass is 35.5. The molecule has 1 heterocycles. The van der Waals surface area contributed by atoms with Gasteiger partial charge in [0.1, 0.15) is 10.8 Å². The molecular formula is C30H32ClN7O3. The van der Waals surface area contributed by atoms with Crippen LogP contribution in [0.2, 0.25) is 5.02 Å². The van der Waals surface area contributed by atoms with E-state index in [2.05, 4.69) is 25.9 Å². The van der Waals surface area contributed by atoms with E-state index in [1.165, 1.54) is 12.3 Å². The number of nitrogens with zero attached hydrogens (tertiary/aromatic N) is 3. The van der Waals surface area contributed by atoms with Crippen molar-refractivity contribution in [3.8, 4) is 5.75 Å². The maximum Gasteiger partial charge on any atom is 0.255 e. The molecule has 212 valence electrons. The molecule has 0 radical (unpaired) electrons. The number of hydrogen-bond acceptors (Lipinski definition) is 8. The highest BCUT2D eigenvalue weighted by Gasteiger charge is 2.10. The van der Waals surface area contributed by atoms with Crippen LogP contribution in [-0.4, -0.2) is 54.4 Å². The van der Waals surface area contributed by atoms with Crippen LogP contribution in [0.1, 0.15) is 10.4 Å². The number of carbonyl (C=O) groups excluding carboxylic acids is 2. The van der Waals surface area contributed by atoms with Gasteiger partial charge < -0.3 is 31.3 Å². The summed E-state index contributed by atoms with van der Waals surface area (Å²) in [6, 6.07) is 23.8. The first-order valence-electron chi connectivity index (χ1n) is 12.5. The van der Waals surface area contributed by atoms with Crippen LogP contribution in [0.25, 0.3) is 0 Å². The highest BCUT2D eigenvalue weighted by molar-refractivity contribution is 6.33. The van der Waals surface area contributed by atoms with Crippen molar-refractivity contribution >= 4 is 52.2 Å². The fourth-order valence-electron chi connectivity index (χ4n) is 3.37. The summed E-state index contributed by atoms with van der Waals surface area (Å²) in [4.78, 5) is 33.2. The Kier molecular flexibility index (Phi) is 11.7. The summed E-state index contributed by atoms with van der Waals surface area (Å²) in [5.41, 5.74) is 7.50. The molecule has 0 unspecified atom stereocenters. The minimum Gasteiger partial charge on any atom is -0.495 e. The van der Waals surface area contributed by atoms with Crippen LogP contribution >= 0.6 is 11.6 Å². The molecule has 2 amide bonds. The molecule has 0 fully saturated rings. The van der Waals surface area contributed by atoms with Crippen molar-refractivity contribution in [3.05, 3.63) is 108 Å². The number of likely N-dealkylation sites (N-methyl/N-ethyl adjacent to an activating group) is 1. The Morgan fingerprint density at radius 2 is 1.68 bits per heavy atom. The number of primary amides is 1. The van der Waals surface area contributed by atoms with Gasteiger partial charge in [-0.3, -0.25) is 9.59 Å². The van der Waals surface area contributed by atoms with Gasteiger partial charge in [-0.1, -0.05) is 54.1 Å². The van der Waals surface area contributed by atoms with Crippen LogP contribution in [0.5, 0.6) is 5.75 Å². The molecule has 0 bridgehead atoms. The summed E-state index contributed by atoms with van der Waals surface area (Å²) >= 11 is 6.28. The molecule has 0 spiro atoms. The van der Waals surface area contributed by atoms with Crippen LogP contribution in [0.3, 0.4) is 0 Å². The number of carbonyl (C=O) groups is 2. The Morgan fingerprint density at radius 3 is 2.39 bits per heavy atom. The first kappa shape index (κ1) is 30.6. The lowest BCUT2D eigenvalue weighted by Gasteiger charge is -2.13. The van der Waals surface area contributed by atoms with E-state index in [9.17, 15) is 9.59 Å². The molecule has 4 aromatic rings. The molecule has 41 heavy (non-hydrogen) atoms. The molecule has 5 N–H and O–H groups in total. The zero-order valence-electron chi connectivity index (χ0n) is 23.0. The lowest BCUT2D eigenvalue weighted by Crippen LogP contribution is -2.12. The van der Waals surface area contributed by atoms with Crippen LogP contribution in [0.15, 0.2) is 97.2 Å². The minimum atomic E-state index is -0.392. The van der Waals surface area contributed by atoms with Gasteiger partial charge in [-0.05, 0) is 62.6 Å². The number of amides is 2. The predicted molar refractivity (Wildman–Crippen MR) is 164 cm³/mol. The van der Waals surface area contributed by atoms with Gasteiger partial charge in [0, 0.05) is 23.5 Å². The number of nitrogens with two attached hydrogens (primary N) is 1. The van der Waals surface area contributed by atoms with Crippen LogP contribution in [0, 0.1) is 0 Å². The number of methoxy groups -OCH3 is 1. The fraction of sp³-hybridized carbons (Fsp3) is 0.133.